The van der Waals surface area contributed by atoms with Crippen molar-refractivity contribution in [2.75, 3.05) is 19.9 Å². The molecule has 0 amide bonds. The van der Waals surface area contributed by atoms with Gasteiger partial charge < -0.3 is 9.57 Å². The van der Waals surface area contributed by atoms with Crippen LogP contribution in [0.15, 0.2) is 0 Å². The first-order chi connectivity index (χ1) is 5.36. The smallest absolute Gasteiger partial charge is 0.326 e. The normalized spacial score (nSPS) is 32.7. The van der Waals surface area contributed by atoms with Crippen molar-refractivity contribution in [3.8, 4) is 0 Å². The molecule has 0 spiro atoms. The van der Waals surface area contributed by atoms with Crippen LogP contribution in [0.1, 0.15) is 6.42 Å². The third-order valence-electron chi connectivity index (χ3n) is 1.80. The first-order valence-corrected chi connectivity index (χ1v) is 3.65. The van der Waals surface area contributed by atoms with Crippen molar-refractivity contribution < 1.29 is 14.4 Å². The first-order valence-electron chi connectivity index (χ1n) is 3.65. The number of hydroxylamine groups is 2. The number of nitrogens with zero attached hydrogens (tertiary/aromatic N) is 1. The van der Waals surface area contributed by atoms with E-state index in [9.17, 15) is 4.79 Å². The number of carbonyl (C=O) groups excluding carboxylic acids is 1. The second-order valence-electron chi connectivity index (χ2n) is 2.59. The van der Waals surface area contributed by atoms with Crippen LogP contribution in [0.25, 0.3) is 0 Å². The Hall–Kier alpha value is -0.650. The lowest BCUT2D eigenvalue weighted by atomic mass is 10.4. The fraction of sp³-hybridized carbons (Fsp3) is 0.833. The van der Waals surface area contributed by atoms with Crippen LogP contribution in [-0.2, 0) is 14.4 Å². The first kappa shape index (κ1) is 7.02. The van der Waals surface area contributed by atoms with Crippen LogP contribution in [0, 0.1) is 0 Å². The number of rotatable bonds is 1. The lowest BCUT2D eigenvalue weighted by Gasteiger charge is -2.18. The average Bonchev–Trinajstić information content (AvgIpc) is 2.55. The fourth-order valence-electron chi connectivity index (χ4n) is 1.21. The molecular formula is C6H10N2O3. The molecule has 11 heavy (non-hydrogen) atoms. The maximum absolute atomic E-state index is 10.7. The van der Waals surface area contributed by atoms with E-state index in [0.29, 0.717) is 26.3 Å². The van der Waals surface area contributed by atoms with Gasteiger partial charge in [-0.15, -0.1) is 5.06 Å². The number of hydrogen-bond acceptors (Lipinski definition) is 5. The lowest BCUT2D eigenvalue weighted by Crippen LogP contribution is -2.41. The topological polar surface area (TPSA) is 50.8 Å². The molecule has 2 saturated heterocycles. The molecule has 0 aromatic carbocycles. The summed E-state index contributed by atoms with van der Waals surface area (Å²) in [5.41, 5.74) is 0. The largest absolute Gasteiger partial charge is 0.366 e. The summed E-state index contributed by atoms with van der Waals surface area (Å²) in [6.07, 6.45) is 0.541. The highest BCUT2D eigenvalue weighted by atomic mass is 16.7. The molecule has 0 radical (unpaired) electrons. The van der Waals surface area contributed by atoms with Crippen LogP contribution in [-0.4, -0.2) is 37.1 Å². The highest BCUT2D eigenvalue weighted by Gasteiger charge is 2.30. The molecule has 1 N–H and O–H groups in total. The number of ether oxygens (including phenoxy) is 1. The highest BCUT2D eigenvalue weighted by molar-refractivity contribution is 5.70. The van der Waals surface area contributed by atoms with Crippen LogP contribution in [0.2, 0.25) is 0 Å². The average molecular weight is 158 g/mol. The Labute approximate surface area is 64.2 Å². The van der Waals surface area contributed by atoms with E-state index in [4.69, 9.17) is 9.57 Å². The molecule has 1 atom stereocenters. The summed E-state index contributed by atoms with van der Waals surface area (Å²) < 4.78 is 5.06. The predicted molar refractivity (Wildman–Crippen MR) is 35.2 cm³/mol. The summed E-state index contributed by atoms with van der Waals surface area (Å²) in [5.74, 6) is -0.154. The predicted octanol–water partition coefficient (Wildman–Crippen LogP) is -0.946. The molecule has 2 heterocycles. The second kappa shape index (κ2) is 2.77. The molecule has 62 valence electrons. The zero-order valence-corrected chi connectivity index (χ0v) is 6.08. The molecule has 0 aromatic heterocycles. The standard InChI is InChI=1S/C6H10N2O3/c9-6-1-2-8(11-6)5-3-10-4-7-5/h5,7H,1-4H2. The third-order valence-corrected chi connectivity index (χ3v) is 1.80. The quantitative estimate of drug-likeness (QED) is 0.533. The van der Waals surface area contributed by atoms with Gasteiger partial charge in [0.1, 0.15) is 6.17 Å². The maximum Gasteiger partial charge on any atom is 0.326 e. The van der Waals surface area contributed by atoms with Crippen molar-refractivity contribution in [3.05, 3.63) is 0 Å². The SMILES string of the molecule is O=C1CCN(C2COCN2)O1. The Balaban J connectivity index is 1.90. The minimum atomic E-state index is -0.154. The minimum Gasteiger partial charge on any atom is -0.366 e. The Bertz CT molecular complexity index is 167. The van der Waals surface area contributed by atoms with Crippen molar-refractivity contribution in [2.24, 2.45) is 0 Å². The van der Waals surface area contributed by atoms with E-state index >= 15 is 0 Å². The summed E-state index contributed by atoms with van der Waals surface area (Å²) >= 11 is 0. The molecule has 2 aliphatic rings. The van der Waals surface area contributed by atoms with Crippen molar-refractivity contribution in [1.29, 1.82) is 0 Å². The van der Waals surface area contributed by atoms with Crippen molar-refractivity contribution >= 4 is 5.97 Å². The summed E-state index contributed by atoms with van der Waals surface area (Å²) in [4.78, 5) is 15.6. The third kappa shape index (κ3) is 1.35. The Morgan fingerprint density at radius 3 is 3.09 bits per heavy atom. The van der Waals surface area contributed by atoms with Gasteiger partial charge in [-0.2, -0.15) is 0 Å². The lowest BCUT2D eigenvalue weighted by molar-refractivity contribution is -0.180. The number of hydrogen-bond donors (Lipinski definition) is 1. The zero-order chi connectivity index (χ0) is 7.68. The zero-order valence-electron chi connectivity index (χ0n) is 6.08. The van der Waals surface area contributed by atoms with Gasteiger partial charge in [0.15, 0.2) is 0 Å². The van der Waals surface area contributed by atoms with Gasteiger partial charge in [-0.3, -0.25) is 10.1 Å². The molecular weight excluding hydrogens is 148 g/mol. The molecule has 5 heteroatoms. The van der Waals surface area contributed by atoms with E-state index in [1.54, 1.807) is 5.06 Å². The minimum absolute atomic E-state index is 0.0569. The molecule has 0 aliphatic carbocycles. The molecule has 2 fully saturated rings. The second-order valence-corrected chi connectivity index (χ2v) is 2.59. The van der Waals surface area contributed by atoms with Gasteiger partial charge in [-0.1, -0.05) is 0 Å². The fourth-order valence-corrected chi connectivity index (χ4v) is 1.21. The van der Waals surface area contributed by atoms with E-state index < -0.39 is 0 Å². The Morgan fingerprint density at radius 2 is 2.55 bits per heavy atom. The molecule has 5 nitrogen and oxygen atoms in total. The molecule has 2 rings (SSSR count). The summed E-state index contributed by atoms with van der Waals surface area (Å²) in [5, 5.41) is 4.68. The van der Waals surface area contributed by atoms with Crippen molar-refractivity contribution in [1.82, 2.24) is 10.4 Å². The molecule has 0 saturated carbocycles. The van der Waals surface area contributed by atoms with Gasteiger partial charge >= 0.3 is 5.97 Å². The summed E-state index contributed by atoms with van der Waals surface area (Å²) in [6, 6.07) is 0. The molecule has 0 bridgehead atoms. The van der Waals surface area contributed by atoms with Crippen LogP contribution in [0.3, 0.4) is 0 Å². The van der Waals surface area contributed by atoms with Crippen LogP contribution >= 0.6 is 0 Å². The van der Waals surface area contributed by atoms with Gasteiger partial charge in [-0.25, -0.2) is 0 Å². The highest BCUT2D eigenvalue weighted by Crippen LogP contribution is 2.11. The van der Waals surface area contributed by atoms with Crippen LogP contribution in [0.5, 0.6) is 0 Å². The van der Waals surface area contributed by atoms with Crippen LogP contribution in [0.4, 0.5) is 0 Å². The van der Waals surface area contributed by atoms with Gasteiger partial charge in [0.2, 0.25) is 0 Å². The van der Waals surface area contributed by atoms with E-state index in [2.05, 4.69) is 5.32 Å². The van der Waals surface area contributed by atoms with Crippen LogP contribution < -0.4 is 5.32 Å². The van der Waals surface area contributed by atoms with Gasteiger partial charge in [0.05, 0.1) is 19.8 Å². The summed E-state index contributed by atoms with van der Waals surface area (Å²) in [6.45, 7) is 1.80. The van der Waals surface area contributed by atoms with Crippen molar-refractivity contribution in [3.63, 3.8) is 0 Å². The van der Waals surface area contributed by atoms with E-state index in [1.165, 1.54) is 0 Å². The molecule has 0 aromatic rings. The molecule has 1 unspecified atom stereocenters. The van der Waals surface area contributed by atoms with Gasteiger partial charge in [-0.05, 0) is 0 Å². The monoisotopic (exact) mass is 158 g/mol. The van der Waals surface area contributed by atoms with Crippen molar-refractivity contribution in [2.45, 2.75) is 12.6 Å². The number of carbonyl (C=O) groups is 1. The van der Waals surface area contributed by atoms with E-state index in [-0.39, 0.29) is 12.1 Å². The van der Waals surface area contributed by atoms with E-state index in [1.807, 2.05) is 0 Å². The van der Waals surface area contributed by atoms with E-state index in [0.717, 1.165) is 0 Å². The van der Waals surface area contributed by atoms with Gasteiger partial charge in [0.25, 0.3) is 0 Å². The maximum atomic E-state index is 10.7. The van der Waals surface area contributed by atoms with Gasteiger partial charge in [0, 0.05) is 6.54 Å². The Kier molecular flexibility index (Phi) is 1.77. The summed E-state index contributed by atoms with van der Waals surface area (Å²) in [7, 11) is 0. The molecule has 2 aliphatic heterocycles. The Morgan fingerprint density at radius 1 is 1.64 bits per heavy atom. The number of nitrogens with one attached hydrogen (secondary N) is 1.